The standard InChI is InChI=1S/C17H27NO/c1-5-16-10-11-18(13(16)2)14(3)17-8-6-15(7-9-17)12-19-4/h10-12,14,17H,5-9H2,1-4H3. The lowest BCUT2D eigenvalue weighted by Gasteiger charge is -2.31. The smallest absolute Gasteiger partial charge is 0.0816 e. The molecule has 0 amide bonds. The van der Waals surface area contributed by atoms with Crippen molar-refractivity contribution in [2.45, 2.75) is 58.9 Å². The first-order chi connectivity index (χ1) is 9.17. The van der Waals surface area contributed by atoms with E-state index in [4.69, 9.17) is 4.74 Å². The van der Waals surface area contributed by atoms with Crippen LogP contribution < -0.4 is 0 Å². The molecule has 106 valence electrons. The molecular weight excluding hydrogens is 234 g/mol. The summed E-state index contributed by atoms with van der Waals surface area (Å²) in [4.78, 5) is 0. The first-order valence-electron chi connectivity index (χ1n) is 7.54. The number of rotatable bonds is 4. The maximum atomic E-state index is 5.13. The van der Waals surface area contributed by atoms with Crippen molar-refractivity contribution in [3.8, 4) is 0 Å². The average Bonchev–Trinajstić information content (AvgIpc) is 2.80. The molecule has 1 unspecified atom stereocenters. The lowest BCUT2D eigenvalue weighted by atomic mass is 9.82. The van der Waals surface area contributed by atoms with Crippen molar-refractivity contribution in [2.75, 3.05) is 7.11 Å². The molecule has 0 aliphatic heterocycles. The number of aryl methyl sites for hydroxylation is 1. The largest absolute Gasteiger partial charge is 0.504 e. The van der Waals surface area contributed by atoms with Crippen molar-refractivity contribution in [1.82, 2.24) is 4.57 Å². The van der Waals surface area contributed by atoms with Crippen molar-refractivity contribution in [3.63, 3.8) is 0 Å². The zero-order valence-corrected chi connectivity index (χ0v) is 12.8. The predicted molar refractivity (Wildman–Crippen MR) is 80.3 cm³/mol. The Morgan fingerprint density at radius 2 is 2.11 bits per heavy atom. The second kappa shape index (κ2) is 6.31. The summed E-state index contributed by atoms with van der Waals surface area (Å²) in [6.07, 6.45) is 10.3. The van der Waals surface area contributed by atoms with E-state index in [1.54, 1.807) is 7.11 Å². The molecule has 1 aromatic rings. The Morgan fingerprint density at radius 3 is 2.63 bits per heavy atom. The Bertz CT molecular complexity index is 434. The highest BCUT2D eigenvalue weighted by atomic mass is 16.5. The van der Waals surface area contributed by atoms with Gasteiger partial charge >= 0.3 is 0 Å². The first kappa shape index (κ1) is 14.2. The summed E-state index contributed by atoms with van der Waals surface area (Å²) in [5, 5.41) is 0. The molecule has 0 aromatic carbocycles. The van der Waals surface area contributed by atoms with E-state index in [0.29, 0.717) is 6.04 Å². The molecule has 1 fully saturated rings. The molecule has 1 aliphatic carbocycles. The van der Waals surface area contributed by atoms with Crippen LogP contribution in [0.2, 0.25) is 0 Å². The predicted octanol–water partition coefficient (Wildman–Crippen LogP) is 4.64. The molecule has 1 aliphatic rings. The third kappa shape index (κ3) is 3.05. The highest BCUT2D eigenvalue weighted by Crippen LogP contribution is 2.36. The normalized spacial score (nSPS) is 21.3. The molecule has 1 heterocycles. The minimum absolute atomic E-state index is 0.615. The molecule has 0 radical (unpaired) electrons. The number of nitrogens with zero attached hydrogens (tertiary/aromatic N) is 1. The van der Waals surface area contributed by atoms with E-state index in [2.05, 4.69) is 37.6 Å². The van der Waals surface area contributed by atoms with Gasteiger partial charge in [-0.1, -0.05) is 6.92 Å². The van der Waals surface area contributed by atoms with Gasteiger partial charge in [-0.3, -0.25) is 0 Å². The summed E-state index contributed by atoms with van der Waals surface area (Å²) >= 11 is 0. The lowest BCUT2D eigenvalue weighted by molar-refractivity contribution is 0.276. The first-order valence-corrected chi connectivity index (χ1v) is 7.54. The number of hydrogen-bond donors (Lipinski definition) is 0. The summed E-state index contributed by atoms with van der Waals surface area (Å²) in [5.41, 5.74) is 4.42. The van der Waals surface area contributed by atoms with E-state index in [1.807, 2.05) is 6.26 Å². The minimum atomic E-state index is 0.615. The zero-order valence-electron chi connectivity index (χ0n) is 12.8. The maximum absolute atomic E-state index is 5.13. The van der Waals surface area contributed by atoms with Gasteiger partial charge in [0.2, 0.25) is 0 Å². The van der Waals surface area contributed by atoms with Gasteiger partial charge in [0.15, 0.2) is 0 Å². The Kier molecular flexibility index (Phi) is 4.73. The number of allylic oxidation sites excluding steroid dienone is 1. The van der Waals surface area contributed by atoms with E-state index in [9.17, 15) is 0 Å². The molecule has 0 bridgehead atoms. The van der Waals surface area contributed by atoms with Crippen LogP contribution in [0.4, 0.5) is 0 Å². The van der Waals surface area contributed by atoms with Crippen molar-refractivity contribution in [1.29, 1.82) is 0 Å². The van der Waals surface area contributed by atoms with E-state index in [0.717, 1.165) is 12.3 Å². The average molecular weight is 261 g/mol. The summed E-state index contributed by atoms with van der Waals surface area (Å²) in [7, 11) is 1.75. The Hall–Kier alpha value is -1.18. The van der Waals surface area contributed by atoms with Gasteiger partial charge in [0.1, 0.15) is 0 Å². The molecule has 1 saturated carbocycles. The van der Waals surface area contributed by atoms with Crippen molar-refractivity contribution in [2.24, 2.45) is 5.92 Å². The summed E-state index contributed by atoms with van der Waals surface area (Å²) in [6.45, 7) is 6.87. The second-order valence-electron chi connectivity index (χ2n) is 5.78. The van der Waals surface area contributed by atoms with Gasteiger partial charge in [0.05, 0.1) is 13.4 Å². The molecule has 0 N–H and O–H groups in total. The molecule has 2 rings (SSSR count). The monoisotopic (exact) mass is 261 g/mol. The van der Waals surface area contributed by atoms with Crippen LogP contribution >= 0.6 is 0 Å². The molecule has 1 aromatic heterocycles. The fraction of sp³-hybridized carbons (Fsp3) is 0.647. The van der Waals surface area contributed by atoms with Gasteiger partial charge in [0.25, 0.3) is 0 Å². The fourth-order valence-corrected chi connectivity index (χ4v) is 3.39. The van der Waals surface area contributed by atoms with Crippen LogP contribution in [0.25, 0.3) is 0 Å². The van der Waals surface area contributed by atoms with Crippen LogP contribution in [-0.4, -0.2) is 11.7 Å². The Labute approximate surface area is 117 Å². The van der Waals surface area contributed by atoms with Gasteiger partial charge in [0, 0.05) is 17.9 Å². The summed E-state index contributed by atoms with van der Waals surface area (Å²) < 4.78 is 7.61. The van der Waals surface area contributed by atoms with Crippen LogP contribution in [0.15, 0.2) is 24.1 Å². The molecule has 2 heteroatoms. The van der Waals surface area contributed by atoms with Crippen LogP contribution in [0.5, 0.6) is 0 Å². The number of ether oxygens (including phenoxy) is 1. The highest BCUT2D eigenvalue weighted by Gasteiger charge is 2.24. The van der Waals surface area contributed by atoms with E-state index in [-0.39, 0.29) is 0 Å². The molecule has 2 nitrogen and oxygen atoms in total. The zero-order chi connectivity index (χ0) is 13.8. The third-order valence-electron chi connectivity index (χ3n) is 4.75. The van der Waals surface area contributed by atoms with E-state index in [1.165, 1.54) is 42.5 Å². The van der Waals surface area contributed by atoms with Crippen molar-refractivity contribution >= 4 is 0 Å². The molecule has 19 heavy (non-hydrogen) atoms. The molecule has 1 atom stereocenters. The van der Waals surface area contributed by atoms with Crippen LogP contribution in [0.3, 0.4) is 0 Å². The SMILES string of the molecule is CCc1ccn(C(C)C2CCC(=COC)CC2)c1C. The van der Waals surface area contributed by atoms with Crippen molar-refractivity contribution < 1.29 is 4.74 Å². The van der Waals surface area contributed by atoms with Gasteiger partial charge in [-0.05, 0) is 69.1 Å². The van der Waals surface area contributed by atoms with Gasteiger partial charge in [-0.15, -0.1) is 0 Å². The second-order valence-corrected chi connectivity index (χ2v) is 5.78. The number of aromatic nitrogens is 1. The van der Waals surface area contributed by atoms with E-state index < -0.39 is 0 Å². The summed E-state index contributed by atoms with van der Waals surface area (Å²) in [6, 6.07) is 2.90. The van der Waals surface area contributed by atoms with Crippen LogP contribution in [-0.2, 0) is 11.2 Å². The number of methoxy groups -OCH3 is 1. The highest BCUT2D eigenvalue weighted by molar-refractivity contribution is 5.21. The fourth-order valence-electron chi connectivity index (χ4n) is 3.39. The molecular formula is C17H27NO. The van der Waals surface area contributed by atoms with Gasteiger partial charge in [-0.2, -0.15) is 0 Å². The number of hydrogen-bond acceptors (Lipinski definition) is 1. The van der Waals surface area contributed by atoms with Gasteiger partial charge < -0.3 is 9.30 Å². The minimum Gasteiger partial charge on any atom is -0.504 e. The lowest BCUT2D eigenvalue weighted by Crippen LogP contribution is -2.20. The Morgan fingerprint density at radius 1 is 1.42 bits per heavy atom. The molecule has 0 saturated heterocycles. The maximum Gasteiger partial charge on any atom is 0.0816 e. The van der Waals surface area contributed by atoms with Crippen LogP contribution in [0.1, 0.15) is 56.8 Å². The van der Waals surface area contributed by atoms with Gasteiger partial charge in [-0.25, -0.2) is 0 Å². The Balaban J connectivity index is 2.03. The quantitative estimate of drug-likeness (QED) is 0.720. The molecule has 0 spiro atoms. The van der Waals surface area contributed by atoms with Crippen molar-refractivity contribution in [3.05, 3.63) is 35.4 Å². The summed E-state index contributed by atoms with van der Waals surface area (Å²) in [5.74, 6) is 0.796. The van der Waals surface area contributed by atoms with E-state index >= 15 is 0 Å². The van der Waals surface area contributed by atoms with Crippen LogP contribution in [0, 0.1) is 12.8 Å². The third-order valence-corrected chi connectivity index (χ3v) is 4.75. The topological polar surface area (TPSA) is 14.2 Å².